The van der Waals surface area contributed by atoms with E-state index in [9.17, 15) is 14.7 Å². The van der Waals surface area contributed by atoms with E-state index in [2.05, 4.69) is 20.9 Å². The Kier molecular flexibility index (Phi) is 7.30. The Balaban J connectivity index is 1.71. The van der Waals surface area contributed by atoms with E-state index < -0.39 is 18.2 Å². The van der Waals surface area contributed by atoms with E-state index in [0.717, 1.165) is 11.1 Å². The molecule has 6 N–H and O–H groups in total. The predicted octanol–water partition coefficient (Wildman–Crippen LogP) is 0.814. The lowest BCUT2D eigenvalue weighted by atomic mass is 9.98. The van der Waals surface area contributed by atoms with E-state index >= 15 is 0 Å². The number of aromatic nitrogens is 1. The average Bonchev–Trinajstić information content (AvgIpc) is 3.33. The number of carbonyl (C=O) groups is 2. The van der Waals surface area contributed by atoms with Crippen LogP contribution in [0.1, 0.15) is 49.8 Å². The molecule has 9 nitrogen and oxygen atoms in total. The van der Waals surface area contributed by atoms with Crippen LogP contribution in [0.5, 0.6) is 0 Å². The summed E-state index contributed by atoms with van der Waals surface area (Å²) in [6, 6.07) is 2.67. The van der Waals surface area contributed by atoms with Gasteiger partial charge in [-0.2, -0.15) is 0 Å². The number of nitrogens with one attached hydrogen (secondary N) is 3. The van der Waals surface area contributed by atoms with Gasteiger partial charge in [-0.3, -0.25) is 9.59 Å². The van der Waals surface area contributed by atoms with Crippen LogP contribution in [0.25, 0.3) is 11.1 Å². The fourth-order valence-electron chi connectivity index (χ4n) is 3.89. The zero-order chi connectivity index (χ0) is 22.7. The lowest BCUT2D eigenvalue weighted by Crippen LogP contribution is -2.48. The Morgan fingerprint density at radius 3 is 2.71 bits per heavy atom. The summed E-state index contributed by atoms with van der Waals surface area (Å²) in [5.74, 6) is -0.0419. The number of carbonyl (C=O) groups excluding carboxylic acids is 2. The first-order valence-electron chi connectivity index (χ1n) is 10.8. The van der Waals surface area contributed by atoms with Crippen molar-refractivity contribution >= 4 is 22.9 Å². The summed E-state index contributed by atoms with van der Waals surface area (Å²) in [5.41, 5.74) is 8.81. The Bertz CT molecular complexity index is 902. The maximum absolute atomic E-state index is 12.9. The largest absolute Gasteiger partial charge is 0.438 e. The number of fused-ring (bicyclic) bond motifs is 1. The van der Waals surface area contributed by atoms with E-state index in [1.54, 1.807) is 0 Å². The molecule has 1 saturated heterocycles. The van der Waals surface area contributed by atoms with Gasteiger partial charge in [0.15, 0.2) is 11.7 Å². The number of aliphatic hydroxyl groups excluding tert-OH is 1. The molecular weight excluding hydrogens is 398 g/mol. The summed E-state index contributed by atoms with van der Waals surface area (Å²) >= 11 is 0. The molecule has 170 valence electrons. The van der Waals surface area contributed by atoms with Gasteiger partial charge in [-0.05, 0) is 55.9 Å². The number of hydrogen-bond donors (Lipinski definition) is 5. The first-order valence-corrected chi connectivity index (χ1v) is 10.8. The van der Waals surface area contributed by atoms with Crippen LogP contribution in [-0.2, 0) is 9.59 Å². The SMILES string of the molecule is Cc1cc2nc(C(O)[C@@H](CC(C)C)NC(=O)[C@@H]3C[C@@H](NC(=O)CN)CN3)oc2cc1C. The van der Waals surface area contributed by atoms with Gasteiger partial charge in [-0.25, -0.2) is 4.98 Å². The van der Waals surface area contributed by atoms with E-state index in [-0.39, 0.29) is 36.2 Å². The highest BCUT2D eigenvalue weighted by Gasteiger charge is 2.34. The van der Waals surface area contributed by atoms with Crippen molar-refractivity contribution in [3.05, 3.63) is 29.2 Å². The molecular formula is C22H33N5O4. The first kappa shape index (κ1) is 23.2. The van der Waals surface area contributed by atoms with Crippen LogP contribution in [-0.4, -0.2) is 53.1 Å². The Morgan fingerprint density at radius 2 is 2.03 bits per heavy atom. The minimum Gasteiger partial charge on any atom is -0.438 e. The van der Waals surface area contributed by atoms with Crippen molar-refractivity contribution in [3.63, 3.8) is 0 Å². The van der Waals surface area contributed by atoms with Crippen molar-refractivity contribution in [3.8, 4) is 0 Å². The third-order valence-electron chi connectivity index (χ3n) is 5.71. The average molecular weight is 432 g/mol. The molecule has 0 radical (unpaired) electrons. The zero-order valence-electron chi connectivity index (χ0n) is 18.6. The highest BCUT2D eigenvalue weighted by atomic mass is 16.4. The predicted molar refractivity (Wildman–Crippen MR) is 117 cm³/mol. The van der Waals surface area contributed by atoms with Crippen LogP contribution in [0.3, 0.4) is 0 Å². The smallest absolute Gasteiger partial charge is 0.237 e. The zero-order valence-corrected chi connectivity index (χ0v) is 18.6. The number of benzene rings is 1. The van der Waals surface area contributed by atoms with E-state index in [4.69, 9.17) is 10.2 Å². The number of hydrogen-bond acceptors (Lipinski definition) is 7. The molecule has 1 unspecified atom stereocenters. The molecule has 1 fully saturated rings. The quantitative estimate of drug-likeness (QED) is 0.416. The molecule has 1 aliphatic rings. The Hall–Kier alpha value is -2.49. The first-order chi connectivity index (χ1) is 14.7. The van der Waals surface area contributed by atoms with Crippen molar-refractivity contribution in [2.24, 2.45) is 11.7 Å². The van der Waals surface area contributed by atoms with Crippen molar-refractivity contribution in [1.82, 2.24) is 20.9 Å². The summed E-state index contributed by atoms with van der Waals surface area (Å²) < 4.78 is 5.82. The molecule has 0 saturated carbocycles. The van der Waals surface area contributed by atoms with Crippen LogP contribution in [0.2, 0.25) is 0 Å². The molecule has 2 aromatic rings. The second-order valence-electron chi connectivity index (χ2n) is 8.81. The third kappa shape index (κ3) is 5.61. The number of nitrogens with two attached hydrogens (primary N) is 1. The number of amides is 2. The normalized spacial score (nSPS) is 20.7. The second kappa shape index (κ2) is 9.76. The molecule has 2 amide bonds. The highest BCUT2D eigenvalue weighted by molar-refractivity contribution is 5.83. The van der Waals surface area contributed by atoms with Gasteiger partial charge in [-0.15, -0.1) is 0 Å². The fraction of sp³-hybridized carbons (Fsp3) is 0.591. The van der Waals surface area contributed by atoms with Gasteiger partial charge >= 0.3 is 0 Å². The molecule has 1 aromatic carbocycles. The Morgan fingerprint density at radius 1 is 1.32 bits per heavy atom. The van der Waals surface area contributed by atoms with Gasteiger partial charge in [0.05, 0.1) is 18.6 Å². The summed E-state index contributed by atoms with van der Waals surface area (Å²) in [7, 11) is 0. The molecule has 1 aliphatic heterocycles. The summed E-state index contributed by atoms with van der Waals surface area (Å²) in [6.45, 7) is 8.45. The van der Waals surface area contributed by atoms with Crippen LogP contribution in [0.4, 0.5) is 0 Å². The third-order valence-corrected chi connectivity index (χ3v) is 5.71. The maximum atomic E-state index is 12.9. The van der Waals surface area contributed by atoms with Crippen molar-refractivity contribution in [1.29, 1.82) is 0 Å². The summed E-state index contributed by atoms with van der Waals surface area (Å²) in [5, 5.41) is 19.9. The van der Waals surface area contributed by atoms with Gasteiger partial charge in [-0.1, -0.05) is 13.8 Å². The van der Waals surface area contributed by atoms with Gasteiger partial charge in [0, 0.05) is 12.6 Å². The molecule has 3 rings (SSSR count). The second-order valence-corrected chi connectivity index (χ2v) is 8.81. The molecule has 9 heteroatoms. The highest BCUT2D eigenvalue weighted by Crippen LogP contribution is 2.27. The number of aliphatic hydroxyl groups is 1. The minimum absolute atomic E-state index is 0.0838. The van der Waals surface area contributed by atoms with Gasteiger partial charge < -0.3 is 31.2 Å². The van der Waals surface area contributed by atoms with Crippen molar-refractivity contribution in [2.75, 3.05) is 13.1 Å². The van der Waals surface area contributed by atoms with Crippen LogP contribution < -0.4 is 21.7 Å². The monoisotopic (exact) mass is 431 g/mol. The Labute approximate surface area is 182 Å². The lowest BCUT2D eigenvalue weighted by Gasteiger charge is -2.25. The van der Waals surface area contributed by atoms with E-state index in [1.807, 2.05) is 39.8 Å². The topological polar surface area (TPSA) is 143 Å². The van der Waals surface area contributed by atoms with Crippen LogP contribution in [0, 0.1) is 19.8 Å². The number of aryl methyl sites for hydroxylation is 2. The van der Waals surface area contributed by atoms with Gasteiger partial charge in [0.2, 0.25) is 17.7 Å². The molecule has 0 spiro atoms. The van der Waals surface area contributed by atoms with Crippen molar-refractivity contribution < 1.29 is 19.1 Å². The minimum atomic E-state index is -1.08. The van der Waals surface area contributed by atoms with Crippen LogP contribution in [0.15, 0.2) is 16.5 Å². The molecule has 31 heavy (non-hydrogen) atoms. The van der Waals surface area contributed by atoms with E-state index in [1.165, 1.54) is 0 Å². The molecule has 2 heterocycles. The summed E-state index contributed by atoms with van der Waals surface area (Å²) in [6.07, 6.45) is -0.0544. The maximum Gasteiger partial charge on any atom is 0.237 e. The molecule has 0 bridgehead atoms. The van der Waals surface area contributed by atoms with Crippen LogP contribution >= 0.6 is 0 Å². The molecule has 0 aliphatic carbocycles. The number of oxazole rings is 1. The van der Waals surface area contributed by atoms with Gasteiger partial charge in [0.1, 0.15) is 5.52 Å². The lowest BCUT2D eigenvalue weighted by molar-refractivity contribution is -0.125. The standard InChI is InChI=1S/C22H33N5O4/c1-11(2)5-16(26-21(30)17-8-14(10-24-17)25-19(28)9-23)20(29)22-27-15-6-12(3)13(4)7-18(15)31-22/h6-7,11,14,16-17,20,24,29H,5,8-10,23H2,1-4H3,(H,25,28)(H,26,30)/t14-,16-,17+,20?/m1/s1. The number of nitrogens with zero attached hydrogens (tertiary/aromatic N) is 1. The fourth-order valence-corrected chi connectivity index (χ4v) is 3.89. The van der Waals surface area contributed by atoms with E-state index in [0.29, 0.717) is 30.5 Å². The van der Waals surface area contributed by atoms with Crippen molar-refractivity contribution in [2.45, 2.75) is 64.8 Å². The van der Waals surface area contributed by atoms with Gasteiger partial charge in [0.25, 0.3) is 0 Å². The summed E-state index contributed by atoms with van der Waals surface area (Å²) in [4.78, 5) is 28.8. The molecule has 1 aromatic heterocycles. The molecule has 4 atom stereocenters. The number of rotatable bonds is 8.